The predicted octanol–water partition coefficient (Wildman–Crippen LogP) is 2.24. The Kier molecular flexibility index (Phi) is 4.30. The second kappa shape index (κ2) is 6.15. The number of carbonyl (C=O) groups excluding carboxylic acids is 1. The number of aryl methyl sites for hydroxylation is 1. The summed E-state index contributed by atoms with van der Waals surface area (Å²) < 4.78 is 6.93. The molecule has 1 aromatic heterocycles. The van der Waals surface area contributed by atoms with E-state index < -0.39 is 0 Å². The van der Waals surface area contributed by atoms with Crippen LogP contribution in [-0.4, -0.2) is 17.6 Å². The molecular formula is C14H14N2O2S. The molecule has 19 heavy (non-hydrogen) atoms. The maximum Gasteiger partial charge on any atom is 0.272 e. The third kappa shape index (κ3) is 3.66. The molecule has 0 spiro atoms. The highest BCUT2D eigenvalue weighted by atomic mass is 32.1. The van der Waals surface area contributed by atoms with Crippen molar-refractivity contribution in [2.45, 2.75) is 0 Å². The first kappa shape index (κ1) is 13.3. The molecule has 0 aliphatic heterocycles. The zero-order chi connectivity index (χ0) is 13.7. The molecule has 0 aliphatic carbocycles. The van der Waals surface area contributed by atoms with E-state index in [1.165, 1.54) is 17.4 Å². The molecule has 0 fully saturated rings. The third-order valence-corrected chi connectivity index (χ3v) is 3.33. The van der Waals surface area contributed by atoms with Gasteiger partial charge < -0.3 is 9.30 Å². The maximum atomic E-state index is 11.7. The Morgan fingerprint density at radius 1 is 1.47 bits per heavy atom. The number of methoxy groups -OCH3 is 1. The minimum absolute atomic E-state index is 0.277. The minimum Gasteiger partial charge on any atom is -0.497 e. The van der Waals surface area contributed by atoms with Crippen LogP contribution in [0.25, 0.3) is 6.08 Å². The first-order chi connectivity index (χ1) is 9.19. The molecule has 4 nitrogen and oxygen atoms in total. The first-order valence-electron chi connectivity index (χ1n) is 5.70. The number of hydrogen-bond acceptors (Lipinski definition) is 3. The Labute approximate surface area is 115 Å². The molecule has 0 saturated carbocycles. The lowest BCUT2D eigenvalue weighted by atomic mass is 10.2. The van der Waals surface area contributed by atoms with Crippen LogP contribution in [-0.2, 0) is 11.8 Å². The summed E-state index contributed by atoms with van der Waals surface area (Å²) in [6, 6.07) is 7.49. The molecule has 1 amide bonds. The number of ether oxygens (including phenoxy) is 1. The van der Waals surface area contributed by atoms with E-state index in [4.69, 9.17) is 4.74 Å². The summed E-state index contributed by atoms with van der Waals surface area (Å²) in [7, 11) is 3.47. The van der Waals surface area contributed by atoms with Gasteiger partial charge in [0.05, 0.1) is 7.11 Å². The Hall–Kier alpha value is -2.14. The molecule has 0 saturated heterocycles. The van der Waals surface area contributed by atoms with Crippen LogP contribution in [0.3, 0.4) is 0 Å². The van der Waals surface area contributed by atoms with Gasteiger partial charge >= 0.3 is 0 Å². The van der Waals surface area contributed by atoms with Gasteiger partial charge in [-0.15, -0.1) is 11.3 Å². The summed E-state index contributed by atoms with van der Waals surface area (Å²) >= 11 is 1.43. The van der Waals surface area contributed by atoms with Crippen LogP contribution in [0, 0.1) is 0 Å². The molecule has 1 aromatic carbocycles. The van der Waals surface area contributed by atoms with Gasteiger partial charge in [-0.1, -0.05) is 12.1 Å². The standard InChI is InChI=1S/C14H14N2O2S/c1-16-8-9-19-14(16)15-13(17)7-6-11-4-3-5-12(10-11)18-2/h3-10H,1-2H3/b7-6+,15-14?. The summed E-state index contributed by atoms with van der Waals surface area (Å²) in [5, 5.41) is 1.89. The van der Waals surface area contributed by atoms with Crippen molar-refractivity contribution in [2.75, 3.05) is 7.11 Å². The van der Waals surface area contributed by atoms with Gasteiger partial charge in [-0.25, -0.2) is 0 Å². The number of thiazole rings is 1. The maximum absolute atomic E-state index is 11.7. The second-order valence-electron chi connectivity index (χ2n) is 3.86. The monoisotopic (exact) mass is 274 g/mol. The van der Waals surface area contributed by atoms with Gasteiger partial charge in [0.1, 0.15) is 5.75 Å². The highest BCUT2D eigenvalue weighted by Crippen LogP contribution is 2.13. The van der Waals surface area contributed by atoms with Gasteiger partial charge in [-0.2, -0.15) is 4.99 Å². The van der Waals surface area contributed by atoms with Crippen molar-refractivity contribution < 1.29 is 9.53 Å². The average Bonchev–Trinajstić information content (AvgIpc) is 2.82. The smallest absolute Gasteiger partial charge is 0.272 e. The lowest BCUT2D eigenvalue weighted by molar-refractivity contribution is -0.113. The number of benzene rings is 1. The zero-order valence-electron chi connectivity index (χ0n) is 10.7. The van der Waals surface area contributed by atoms with E-state index >= 15 is 0 Å². The van der Waals surface area contributed by atoms with Gasteiger partial charge in [-0.3, -0.25) is 4.79 Å². The van der Waals surface area contributed by atoms with Crippen molar-refractivity contribution in [1.82, 2.24) is 4.57 Å². The van der Waals surface area contributed by atoms with Crippen LogP contribution >= 0.6 is 11.3 Å². The molecule has 5 heteroatoms. The highest BCUT2D eigenvalue weighted by molar-refractivity contribution is 7.07. The van der Waals surface area contributed by atoms with Crippen LogP contribution in [0.1, 0.15) is 5.56 Å². The van der Waals surface area contributed by atoms with Crippen molar-refractivity contribution in [2.24, 2.45) is 12.0 Å². The van der Waals surface area contributed by atoms with Crippen LogP contribution in [0.5, 0.6) is 5.75 Å². The van der Waals surface area contributed by atoms with Crippen LogP contribution < -0.4 is 9.54 Å². The van der Waals surface area contributed by atoms with E-state index in [9.17, 15) is 4.79 Å². The Morgan fingerprint density at radius 3 is 3.00 bits per heavy atom. The number of aromatic nitrogens is 1. The van der Waals surface area contributed by atoms with Gasteiger partial charge in [0.15, 0.2) is 4.80 Å². The molecule has 0 N–H and O–H groups in total. The molecule has 98 valence electrons. The second-order valence-corrected chi connectivity index (χ2v) is 4.73. The lowest BCUT2D eigenvalue weighted by Gasteiger charge is -1.99. The SMILES string of the molecule is COc1cccc(/C=C/C(=O)N=c2sccn2C)c1. The average molecular weight is 274 g/mol. The fourth-order valence-electron chi connectivity index (χ4n) is 1.48. The minimum atomic E-state index is -0.277. The zero-order valence-corrected chi connectivity index (χ0v) is 11.6. The topological polar surface area (TPSA) is 43.6 Å². The Bertz CT molecular complexity index is 668. The van der Waals surface area contributed by atoms with Crippen molar-refractivity contribution >= 4 is 23.3 Å². The normalized spacial score (nSPS) is 12.0. The van der Waals surface area contributed by atoms with Crippen molar-refractivity contribution in [3.8, 4) is 5.75 Å². The molecule has 1 heterocycles. The quantitative estimate of drug-likeness (QED) is 0.806. The van der Waals surface area contributed by atoms with Gasteiger partial charge in [0.25, 0.3) is 5.91 Å². The summed E-state index contributed by atoms with van der Waals surface area (Å²) in [6.07, 6.45) is 5.04. The van der Waals surface area contributed by atoms with E-state index in [1.54, 1.807) is 13.2 Å². The van der Waals surface area contributed by atoms with E-state index in [2.05, 4.69) is 4.99 Å². The van der Waals surface area contributed by atoms with E-state index in [0.29, 0.717) is 4.80 Å². The van der Waals surface area contributed by atoms with E-state index in [-0.39, 0.29) is 5.91 Å². The van der Waals surface area contributed by atoms with Crippen molar-refractivity contribution in [3.63, 3.8) is 0 Å². The summed E-state index contributed by atoms with van der Waals surface area (Å²) in [6.45, 7) is 0. The number of nitrogens with zero attached hydrogens (tertiary/aromatic N) is 2. The van der Waals surface area contributed by atoms with Crippen LogP contribution in [0.4, 0.5) is 0 Å². The number of amides is 1. The third-order valence-electron chi connectivity index (χ3n) is 2.48. The van der Waals surface area contributed by atoms with Crippen LogP contribution in [0.15, 0.2) is 46.9 Å². The van der Waals surface area contributed by atoms with Gasteiger partial charge in [0, 0.05) is 24.7 Å². The molecule has 0 radical (unpaired) electrons. The largest absolute Gasteiger partial charge is 0.497 e. The molecule has 0 unspecified atom stereocenters. The van der Waals surface area contributed by atoms with Crippen LogP contribution in [0.2, 0.25) is 0 Å². The molecular weight excluding hydrogens is 260 g/mol. The molecule has 0 aliphatic rings. The van der Waals surface area contributed by atoms with Gasteiger partial charge in [0.2, 0.25) is 0 Å². The summed E-state index contributed by atoms with van der Waals surface area (Å²) in [5.41, 5.74) is 0.901. The number of carbonyl (C=O) groups is 1. The molecule has 0 bridgehead atoms. The number of rotatable bonds is 3. The van der Waals surface area contributed by atoms with Crippen molar-refractivity contribution in [3.05, 3.63) is 52.3 Å². The first-order valence-corrected chi connectivity index (χ1v) is 6.58. The molecule has 0 atom stereocenters. The lowest BCUT2D eigenvalue weighted by Crippen LogP contribution is -2.11. The number of hydrogen-bond donors (Lipinski definition) is 0. The fourth-order valence-corrected chi connectivity index (χ4v) is 2.21. The van der Waals surface area contributed by atoms with E-state index in [1.807, 2.05) is 47.5 Å². The Morgan fingerprint density at radius 2 is 2.32 bits per heavy atom. The van der Waals surface area contributed by atoms with E-state index in [0.717, 1.165) is 11.3 Å². The Balaban J connectivity index is 2.14. The van der Waals surface area contributed by atoms with Gasteiger partial charge in [-0.05, 0) is 23.8 Å². The summed E-state index contributed by atoms with van der Waals surface area (Å²) in [5.74, 6) is 0.483. The highest BCUT2D eigenvalue weighted by Gasteiger charge is 1.96. The molecule has 2 aromatic rings. The van der Waals surface area contributed by atoms with Crippen molar-refractivity contribution in [1.29, 1.82) is 0 Å². The summed E-state index contributed by atoms with van der Waals surface area (Å²) in [4.78, 5) is 16.4. The predicted molar refractivity (Wildman–Crippen MR) is 75.9 cm³/mol. The fraction of sp³-hybridized carbons (Fsp3) is 0.143. The molecule has 2 rings (SSSR count).